The quantitative estimate of drug-likeness (QED) is 0.658. The maximum atomic E-state index is 10.4. The van der Waals surface area contributed by atoms with Crippen LogP contribution in [-0.2, 0) is 0 Å². The Kier molecular flexibility index (Phi) is 3.51. The molecule has 1 heterocycles. The maximum Gasteiger partial charge on any atom is 0.127 e. The van der Waals surface area contributed by atoms with Gasteiger partial charge in [-0.1, -0.05) is 48.5 Å². The summed E-state index contributed by atoms with van der Waals surface area (Å²) in [7, 11) is 0. The lowest BCUT2D eigenvalue weighted by atomic mass is 9.97. The minimum atomic E-state index is 0.0614. The van der Waals surface area contributed by atoms with E-state index in [2.05, 4.69) is 59.4 Å². The number of phenols is 1. The predicted molar refractivity (Wildman–Crippen MR) is 98.5 cm³/mol. The van der Waals surface area contributed by atoms with Crippen molar-refractivity contribution in [2.24, 2.45) is 0 Å². The third-order valence-electron chi connectivity index (χ3n) is 4.59. The summed E-state index contributed by atoms with van der Waals surface area (Å²) in [6.45, 7) is 3.97. The van der Waals surface area contributed by atoms with E-state index in [1.807, 2.05) is 26.0 Å². The van der Waals surface area contributed by atoms with Crippen molar-refractivity contribution in [3.8, 4) is 5.75 Å². The number of rotatable bonds is 2. The van der Waals surface area contributed by atoms with Gasteiger partial charge in [0.05, 0.1) is 11.7 Å². The van der Waals surface area contributed by atoms with Crippen LogP contribution in [0.5, 0.6) is 5.75 Å². The van der Waals surface area contributed by atoms with Crippen LogP contribution in [0.15, 0.2) is 60.7 Å². The molecule has 120 valence electrons. The largest absolute Gasteiger partial charge is 0.507 e. The third-order valence-corrected chi connectivity index (χ3v) is 4.59. The lowest BCUT2D eigenvalue weighted by molar-refractivity contribution is 0.468. The second-order valence-electron chi connectivity index (χ2n) is 6.37. The summed E-state index contributed by atoms with van der Waals surface area (Å²) in [5, 5.41) is 12.9. The highest BCUT2D eigenvalue weighted by atomic mass is 16.3. The Morgan fingerprint density at radius 1 is 0.958 bits per heavy atom. The third kappa shape index (κ3) is 2.43. The first-order chi connectivity index (χ1) is 11.6. The minimum Gasteiger partial charge on any atom is -0.507 e. The van der Waals surface area contributed by atoms with Crippen molar-refractivity contribution >= 4 is 16.5 Å². The Hall–Kier alpha value is -2.78. The van der Waals surface area contributed by atoms with Crippen LogP contribution in [0.3, 0.4) is 0 Å². The fourth-order valence-electron chi connectivity index (χ4n) is 3.42. The molecule has 0 unspecified atom stereocenters. The fraction of sp³-hybridized carbons (Fsp3) is 0.143. The molecule has 3 nitrogen and oxygen atoms in total. The summed E-state index contributed by atoms with van der Waals surface area (Å²) < 4.78 is 0. The maximum absolute atomic E-state index is 10.4. The van der Waals surface area contributed by atoms with E-state index >= 15 is 0 Å². The number of hydrogen-bond donors (Lipinski definition) is 3. The van der Waals surface area contributed by atoms with Gasteiger partial charge in [-0.2, -0.15) is 0 Å². The van der Waals surface area contributed by atoms with Crippen molar-refractivity contribution in [3.63, 3.8) is 0 Å². The van der Waals surface area contributed by atoms with Gasteiger partial charge in [0.25, 0.3) is 0 Å². The van der Waals surface area contributed by atoms with Crippen molar-refractivity contribution in [2.45, 2.75) is 19.9 Å². The zero-order valence-corrected chi connectivity index (χ0v) is 13.8. The lowest BCUT2D eigenvalue weighted by Crippen LogP contribution is -2.26. The number of phenolic OH excluding ortho intramolecular Hbond substituents is 1. The molecule has 0 radical (unpaired) electrons. The van der Waals surface area contributed by atoms with Crippen molar-refractivity contribution < 1.29 is 5.11 Å². The first-order valence-corrected chi connectivity index (χ1v) is 8.15. The normalized spacial score (nSPS) is 16.9. The zero-order chi connectivity index (χ0) is 16.7. The Labute approximate surface area is 141 Å². The molecule has 3 N–H and O–H groups in total. The van der Waals surface area contributed by atoms with Crippen molar-refractivity contribution in [3.05, 3.63) is 82.9 Å². The number of aryl methyl sites for hydroxylation is 2. The van der Waals surface area contributed by atoms with Crippen LogP contribution in [0.25, 0.3) is 16.5 Å². The van der Waals surface area contributed by atoms with E-state index in [-0.39, 0.29) is 6.04 Å². The van der Waals surface area contributed by atoms with E-state index < -0.39 is 0 Å². The van der Waals surface area contributed by atoms with E-state index in [0.717, 1.165) is 22.4 Å². The van der Waals surface area contributed by atoms with Crippen molar-refractivity contribution in [2.75, 3.05) is 0 Å². The molecule has 0 aromatic heterocycles. The molecule has 0 fully saturated rings. The van der Waals surface area contributed by atoms with Gasteiger partial charge in [-0.15, -0.1) is 0 Å². The number of nitrogens with one attached hydrogen (secondary N) is 2. The summed E-state index contributed by atoms with van der Waals surface area (Å²) in [5.41, 5.74) is 11.6. The monoisotopic (exact) mass is 316 g/mol. The highest BCUT2D eigenvalue weighted by Gasteiger charge is 2.21. The molecule has 0 amide bonds. The molecule has 0 saturated carbocycles. The standard InChI is InChI=1S/C21H20N2O/c1-13-10-14(2)21(24)18(11-13)20-12-19(22-23-20)17-9-5-7-15-6-3-4-8-16(15)17/h3-12,19,22-24H,1-2H3/t19-/m0/s1. The second kappa shape index (κ2) is 5.69. The molecule has 3 aromatic rings. The van der Waals surface area contributed by atoms with Crippen LogP contribution in [0.1, 0.15) is 28.3 Å². The highest BCUT2D eigenvalue weighted by molar-refractivity contribution is 5.87. The molecule has 0 saturated heterocycles. The van der Waals surface area contributed by atoms with Gasteiger partial charge in [0.2, 0.25) is 0 Å². The van der Waals surface area contributed by atoms with Gasteiger partial charge >= 0.3 is 0 Å². The molecule has 24 heavy (non-hydrogen) atoms. The number of aromatic hydroxyl groups is 1. The first-order valence-electron chi connectivity index (χ1n) is 8.15. The average Bonchev–Trinajstić information content (AvgIpc) is 3.07. The molecule has 3 aromatic carbocycles. The molecule has 1 aliphatic heterocycles. The van der Waals surface area contributed by atoms with Crippen LogP contribution >= 0.6 is 0 Å². The van der Waals surface area contributed by atoms with Gasteiger partial charge in [0, 0.05) is 5.56 Å². The molecule has 3 heteroatoms. The second-order valence-corrected chi connectivity index (χ2v) is 6.37. The van der Waals surface area contributed by atoms with Gasteiger partial charge in [0.15, 0.2) is 0 Å². The number of hydrazine groups is 1. The molecule has 1 atom stereocenters. The van der Waals surface area contributed by atoms with Gasteiger partial charge in [-0.3, -0.25) is 0 Å². The Morgan fingerprint density at radius 2 is 1.75 bits per heavy atom. The molecule has 4 rings (SSSR count). The van der Waals surface area contributed by atoms with Crippen LogP contribution in [0.4, 0.5) is 0 Å². The summed E-state index contributed by atoms with van der Waals surface area (Å²) in [6, 6.07) is 18.8. The van der Waals surface area contributed by atoms with Crippen LogP contribution < -0.4 is 10.9 Å². The van der Waals surface area contributed by atoms with E-state index in [9.17, 15) is 5.11 Å². The Morgan fingerprint density at radius 3 is 2.62 bits per heavy atom. The molecule has 0 aliphatic carbocycles. The topological polar surface area (TPSA) is 44.3 Å². The minimum absolute atomic E-state index is 0.0614. The van der Waals surface area contributed by atoms with E-state index in [1.165, 1.54) is 16.3 Å². The SMILES string of the molecule is Cc1cc(C)c(O)c(C2=C[C@@H](c3cccc4ccccc34)NN2)c1. The van der Waals surface area contributed by atoms with E-state index in [1.54, 1.807) is 0 Å². The summed E-state index contributed by atoms with van der Waals surface area (Å²) in [6.07, 6.45) is 2.13. The Bertz CT molecular complexity index is 954. The highest BCUT2D eigenvalue weighted by Crippen LogP contribution is 2.34. The van der Waals surface area contributed by atoms with Crippen LogP contribution in [-0.4, -0.2) is 5.11 Å². The van der Waals surface area contributed by atoms with Crippen molar-refractivity contribution in [1.29, 1.82) is 0 Å². The van der Waals surface area contributed by atoms with Crippen LogP contribution in [0.2, 0.25) is 0 Å². The predicted octanol–water partition coefficient (Wildman–Crippen LogP) is 4.35. The lowest BCUT2D eigenvalue weighted by Gasteiger charge is -2.12. The first kappa shape index (κ1) is 14.8. The van der Waals surface area contributed by atoms with Crippen LogP contribution in [0, 0.1) is 13.8 Å². The van der Waals surface area contributed by atoms with Gasteiger partial charge < -0.3 is 10.5 Å². The number of fused-ring (bicyclic) bond motifs is 1. The molecular weight excluding hydrogens is 296 g/mol. The van der Waals surface area contributed by atoms with E-state index in [0.29, 0.717) is 5.75 Å². The smallest absolute Gasteiger partial charge is 0.127 e. The zero-order valence-electron chi connectivity index (χ0n) is 13.8. The summed E-state index contributed by atoms with van der Waals surface area (Å²) in [4.78, 5) is 0. The summed E-state index contributed by atoms with van der Waals surface area (Å²) in [5.74, 6) is 0.333. The van der Waals surface area contributed by atoms with Gasteiger partial charge in [-0.25, -0.2) is 5.43 Å². The van der Waals surface area contributed by atoms with Gasteiger partial charge in [0.1, 0.15) is 5.75 Å². The molecular formula is C21H20N2O. The molecule has 0 bridgehead atoms. The number of hydrogen-bond acceptors (Lipinski definition) is 3. The summed E-state index contributed by atoms with van der Waals surface area (Å²) >= 11 is 0. The van der Waals surface area contributed by atoms with Crippen molar-refractivity contribution in [1.82, 2.24) is 10.9 Å². The fourth-order valence-corrected chi connectivity index (χ4v) is 3.42. The Balaban J connectivity index is 1.78. The van der Waals surface area contributed by atoms with Gasteiger partial charge in [-0.05, 0) is 53.5 Å². The average molecular weight is 316 g/mol. The van der Waals surface area contributed by atoms with E-state index in [4.69, 9.17) is 0 Å². The molecule has 0 spiro atoms. The molecule has 1 aliphatic rings. The number of benzene rings is 3.